The molecule has 5 heteroatoms. The lowest BCUT2D eigenvalue weighted by Crippen LogP contribution is -2.49. The van der Waals surface area contributed by atoms with E-state index in [4.69, 9.17) is 0 Å². The second kappa shape index (κ2) is 7.70. The van der Waals surface area contributed by atoms with E-state index in [-0.39, 0.29) is 5.91 Å². The van der Waals surface area contributed by atoms with Crippen molar-refractivity contribution in [3.8, 4) is 0 Å². The number of nitrogens with zero attached hydrogens (tertiary/aromatic N) is 4. The molecule has 0 unspecified atom stereocenters. The molecule has 1 amide bonds. The van der Waals surface area contributed by atoms with Crippen molar-refractivity contribution in [2.75, 3.05) is 45.8 Å². The zero-order chi connectivity index (χ0) is 16.1. The third-order valence-corrected chi connectivity index (χ3v) is 4.70. The van der Waals surface area contributed by atoms with E-state index in [0.29, 0.717) is 0 Å². The standard InChI is InChI=1S/C18H26N4O/c1-16(23)22-11-9-20(10-12-22)14-18-3-2-8-21(15-18)13-17-4-6-19-7-5-17/h3-7H,2,8-15H2,1H3. The van der Waals surface area contributed by atoms with Gasteiger partial charge in [0.15, 0.2) is 0 Å². The number of hydrogen-bond acceptors (Lipinski definition) is 4. The van der Waals surface area contributed by atoms with Crippen LogP contribution < -0.4 is 0 Å². The van der Waals surface area contributed by atoms with E-state index < -0.39 is 0 Å². The fourth-order valence-corrected chi connectivity index (χ4v) is 3.39. The van der Waals surface area contributed by atoms with Crippen LogP contribution in [0, 0.1) is 0 Å². The Morgan fingerprint density at radius 2 is 1.78 bits per heavy atom. The van der Waals surface area contributed by atoms with Crippen LogP contribution in [-0.2, 0) is 11.3 Å². The smallest absolute Gasteiger partial charge is 0.219 e. The Hall–Kier alpha value is -1.72. The van der Waals surface area contributed by atoms with Crippen LogP contribution in [0.5, 0.6) is 0 Å². The zero-order valence-corrected chi connectivity index (χ0v) is 13.9. The molecule has 124 valence electrons. The number of hydrogen-bond donors (Lipinski definition) is 0. The average Bonchev–Trinajstić information content (AvgIpc) is 2.57. The van der Waals surface area contributed by atoms with Gasteiger partial charge >= 0.3 is 0 Å². The monoisotopic (exact) mass is 314 g/mol. The van der Waals surface area contributed by atoms with Crippen LogP contribution in [0.1, 0.15) is 18.9 Å². The first-order chi connectivity index (χ1) is 11.2. The van der Waals surface area contributed by atoms with Gasteiger partial charge in [0.25, 0.3) is 0 Å². The molecule has 0 spiro atoms. The maximum Gasteiger partial charge on any atom is 0.219 e. The summed E-state index contributed by atoms with van der Waals surface area (Å²) in [5.74, 6) is 0.199. The van der Waals surface area contributed by atoms with Crippen LogP contribution in [0.2, 0.25) is 0 Å². The highest BCUT2D eigenvalue weighted by Gasteiger charge is 2.21. The average molecular weight is 314 g/mol. The lowest BCUT2D eigenvalue weighted by molar-refractivity contribution is -0.130. The molecule has 3 heterocycles. The summed E-state index contributed by atoms with van der Waals surface area (Å²) >= 11 is 0. The molecule has 1 fully saturated rings. The first-order valence-corrected chi connectivity index (χ1v) is 8.48. The normalized spacial score (nSPS) is 20.4. The maximum absolute atomic E-state index is 11.4. The van der Waals surface area contributed by atoms with E-state index in [1.165, 1.54) is 11.1 Å². The van der Waals surface area contributed by atoms with Crippen molar-refractivity contribution in [3.63, 3.8) is 0 Å². The van der Waals surface area contributed by atoms with Crippen LogP contribution in [0.4, 0.5) is 0 Å². The summed E-state index contributed by atoms with van der Waals surface area (Å²) in [5.41, 5.74) is 2.85. The fraction of sp³-hybridized carbons (Fsp3) is 0.556. The van der Waals surface area contributed by atoms with E-state index in [2.05, 4.69) is 33.0 Å². The maximum atomic E-state index is 11.4. The van der Waals surface area contributed by atoms with Crippen LogP contribution in [0.15, 0.2) is 36.2 Å². The molecule has 3 rings (SSSR count). The summed E-state index contributed by atoms with van der Waals surface area (Å²) in [6.07, 6.45) is 7.27. The van der Waals surface area contributed by atoms with Crippen molar-refractivity contribution < 1.29 is 4.79 Å². The number of carbonyl (C=O) groups is 1. The van der Waals surface area contributed by atoms with Gasteiger partial charge in [0, 0.05) is 71.7 Å². The van der Waals surface area contributed by atoms with Crippen molar-refractivity contribution in [2.45, 2.75) is 19.9 Å². The summed E-state index contributed by atoms with van der Waals surface area (Å²) in [6, 6.07) is 4.19. The van der Waals surface area contributed by atoms with Gasteiger partial charge in [0.2, 0.25) is 5.91 Å². The number of amides is 1. The van der Waals surface area contributed by atoms with Gasteiger partial charge in [-0.1, -0.05) is 6.08 Å². The predicted molar refractivity (Wildman–Crippen MR) is 90.9 cm³/mol. The van der Waals surface area contributed by atoms with Gasteiger partial charge in [-0.2, -0.15) is 0 Å². The van der Waals surface area contributed by atoms with E-state index in [0.717, 1.165) is 58.8 Å². The van der Waals surface area contributed by atoms with Crippen molar-refractivity contribution in [2.24, 2.45) is 0 Å². The molecule has 0 N–H and O–H groups in total. The van der Waals surface area contributed by atoms with Crippen molar-refractivity contribution in [3.05, 3.63) is 41.7 Å². The van der Waals surface area contributed by atoms with Gasteiger partial charge in [-0.3, -0.25) is 19.6 Å². The molecule has 0 aliphatic carbocycles. The van der Waals surface area contributed by atoms with Crippen LogP contribution in [0.3, 0.4) is 0 Å². The van der Waals surface area contributed by atoms with Crippen LogP contribution in [0.25, 0.3) is 0 Å². The minimum Gasteiger partial charge on any atom is -0.340 e. The number of carbonyl (C=O) groups excluding carboxylic acids is 1. The Labute approximate surface area is 138 Å². The topological polar surface area (TPSA) is 39.7 Å². The number of aromatic nitrogens is 1. The third-order valence-electron chi connectivity index (χ3n) is 4.70. The van der Waals surface area contributed by atoms with Gasteiger partial charge < -0.3 is 4.90 Å². The van der Waals surface area contributed by atoms with Crippen LogP contribution >= 0.6 is 0 Å². The molecule has 0 aromatic carbocycles. The Morgan fingerprint density at radius 1 is 1.04 bits per heavy atom. The van der Waals surface area contributed by atoms with Crippen molar-refractivity contribution in [1.29, 1.82) is 0 Å². The molecule has 1 saturated heterocycles. The Balaban J connectivity index is 1.47. The Kier molecular flexibility index (Phi) is 5.41. The number of pyridine rings is 1. The summed E-state index contributed by atoms with van der Waals surface area (Å²) in [5, 5.41) is 0. The first kappa shape index (κ1) is 16.1. The highest BCUT2D eigenvalue weighted by molar-refractivity contribution is 5.73. The highest BCUT2D eigenvalue weighted by atomic mass is 16.2. The Morgan fingerprint density at radius 3 is 2.48 bits per heavy atom. The second-order valence-electron chi connectivity index (χ2n) is 6.50. The van der Waals surface area contributed by atoms with Crippen molar-refractivity contribution in [1.82, 2.24) is 19.7 Å². The van der Waals surface area contributed by atoms with Gasteiger partial charge in [0.1, 0.15) is 0 Å². The summed E-state index contributed by atoms with van der Waals surface area (Å²) in [6.45, 7) is 9.58. The number of piperazine rings is 1. The molecule has 2 aliphatic rings. The molecular formula is C18H26N4O. The van der Waals surface area contributed by atoms with Crippen molar-refractivity contribution >= 4 is 5.91 Å². The van der Waals surface area contributed by atoms with Gasteiger partial charge in [-0.05, 0) is 29.7 Å². The largest absolute Gasteiger partial charge is 0.340 e. The molecule has 1 aromatic heterocycles. The lowest BCUT2D eigenvalue weighted by Gasteiger charge is -2.36. The molecule has 0 atom stereocenters. The first-order valence-electron chi connectivity index (χ1n) is 8.48. The third kappa shape index (κ3) is 4.62. The van der Waals surface area contributed by atoms with Crippen LogP contribution in [-0.4, -0.2) is 71.4 Å². The van der Waals surface area contributed by atoms with E-state index in [9.17, 15) is 4.79 Å². The molecule has 0 radical (unpaired) electrons. The van der Waals surface area contributed by atoms with E-state index >= 15 is 0 Å². The summed E-state index contributed by atoms with van der Waals surface area (Å²) in [7, 11) is 0. The molecular weight excluding hydrogens is 288 g/mol. The van der Waals surface area contributed by atoms with Gasteiger partial charge in [-0.25, -0.2) is 0 Å². The molecule has 1 aromatic rings. The second-order valence-corrected chi connectivity index (χ2v) is 6.50. The fourth-order valence-electron chi connectivity index (χ4n) is 3.39. The quantitative estimate of drug-likeness (QED) is 0.787. The zero-order valence-electron chi connectivity index (χ0n) is 13.9. The Bertz CT molecular complexity index is 549. The molecule has 0 saturated carbocycles. The van der Waals surface area contributed by atoms with Gasteiger partial charge in [0.05, 0.1) is 0 Å². The number of rotatable bonds is 4. The summed E-state index contributed by atoms with van der Waals surface area (Å²) < 4.78 is 0. The lowest BCUT2D eigenvalue weighted by atomic mass is 10.1. The summed E-state index contributed by atoms with van der Waals surface area (Å²) in [4.78, 5) is 22.4. The van der Waals surface area contributed by atoms with Gasteiger partial charge in [-0.15, -0.1) is 0 Å². The molecule has 23 heavy (non-hydrogen) atoms. The van der Waals surface area contributed by atoms with E-state index in [1.54, 1.807) is 6.92 Å². The molecule has 2 aliphatic heterocycles. The molecule has 0 bridgehead atoms. The molecule has 5 nitrogen and oxygen atoms in total. The minimum absolute atomic E-state index is 0.199. The minimum atomic E-state index is 0.199. The highest BCUT2D eigenvalue weighted by Crippen LogP contribution is 2.15. The SMILES string of the molecule is CC(=O)N1CCN(CC2=CCCN(Cc3ccncc3)C2)CC1. The van der Waals surface area contributed by atoms with E-state index in [1.807, 2.05) is 17.3 Å². The predicted octanol–water partition coefficient (Wildman–Crippen LogP) is 1.38.